The standard InChI is InChI=1S/C17H22N2O4/c20-16(15-4-2-8-21-15)19-7-5-17(12-19)9-14(11-22-17)23-13-3-1-6-18-10-13/h1,3,6,10,14-15H,2,4-5,7-9,11-12H2/t14-,15+,17+/m0/s1. The molecule has 4 heterocycles. The molecule has 0 aliphatic carbocycles. The first kappa shape index (κ1) is 14.9. The molecule has 3 aliphatic heterocycles. The number of rotatable bonds is 3. The van der Waals surface area contributed by atoms with E-state index in [1.54, 1.807) is 12.4 Å². The summed E-state index contributed by atoms with van der Waals surface area (Å²) in [5.41, 5.74) is -0.249. The minimum Gasteiger partial charge on any atom is -0.486 e. The van der Waals surface area contributed by atoms with Crippen LogP contribution in [0.5, 0.6) is 5.75 Å². The lowest BCUT2D eigenvalue weighted by Crippen LogP contribution is -2.40. The van der Waals surface area contributed by atoms with Crippen molar-refractivity contribution in [2.24, 2.45) is 0 Å². The third kappa shape index (κ3) is 3.05. The van der Waals surface area contributed by atoms with Gasteiger partial charge >= 0.3 is 0 Å². The Morgan fingerprint density at radius 1 is 1.48 bits per heavy atom. The smallest absolute Gasteiger partial charge is 0.251 e. The molecule has 1 aromatic rings. The maximum absolute atomic E-state index is 12.5. The summed E-state index contributed by atoms with van der Waals surface area (Å²) in [4.78, 5) is 18.4. The molecule has 0 unspecified atom stereocenters. The maximum atomic E-state index is 12.5. The zero-order chi connectivity index (χ0) is 15.7. The third-order valence-corrected chi connectivity index (χ3v) is 4.95. The molecule has 6 nitrogen and oxygen atoms in total. The lowest BCUT2D eigenvalue weighted by atomic mass is 9.98. The molecule has 1 spiro atoms. The van der Waals surface area contributed by atoms with Crippen molar-refractivity contribution in [3.8, 4) is 5.75 Å². The fourth-order valence-corrected chi connectivity index (χ4v) is 3.78. The summed E-state index contributed by atoms with van der Waals surface area (Å²) < 4.78 is 17.5. The summed E-state index contributed by atoms with van der Waals surface area (Å²) >= 11 is 0. The molecular weight excluding hydrogens is 296 g/mol. The van der Waals surface area contributed by atoms with Crippen LogP contribution in [-0.2, 0) is 14.3 Å². The molecule has 1 amide bonds. The number of carbonyl (C=O) groups excluding carboxylic acids is 1. The van der Waals surface area contributed by atoms with E-state index in [4.69, 9.17) is 14.2 Å². The molecule has 4 rings (SSSR count). The van der Waals surface area contributed by atoms with Gasteiger partial charge in [0, 0.05) is 32.3 Å². The number of hydrogen-bond donors (Lipinski definition) is 0. The summed E-state index contributed by atoms with van der Waals surface area (Å²) in [6, 6.07) is 3.76. The van der Waals surface area contributed by atoms with Crippen LogP contribution in [0.25, 0.3) is 0 Å². The van der Waals surface area contributed by atoms with Gasteiger partial charge in [0.25, 0.3) is 5.91 Å². The highest BCUT2D eigenvalue weighted by Gasteiger charge is 2.48. The van der Waals surface area contributed by atoms with E-state index in [-0.39, 0.29) is 23.7 Å². The molecule has 0 saturated carbocycles. The first-order valence-corrected chi connectivity index (χ1v) is 8.35. The monoisotopic (exact) mass is 318 g/mol. The Morgan fingerprint density at radius 3 is 3.22 bits per heavy atom. The van der Waals surface area contributed by atoms with Gasteiger partial charge in [-0.05, 0) is 31.4 Å². The van der Waals surface area contributed by atoms with Crippen LogP contribution >= 0.6 is 0 Å². The van der Waals surface area contributed by atoms with Crippen LogP contribution in [-0.4, -0.2) is 59.9 Å². The number of carbonyl (C=O) groups is 1. The molecule has 0 aromatic carbocycles. The fraction of sp³-hybridized carbons (Fsp3) is 0.647. The van der Waals surface area contributed by atoms with Crippen molar-refractivity contribution in [2.45, 2.75) is 43.5 Å². The SMILES string of the molecule is O=C([C@H]1CCCO1)N1CC[C@@]2(C[C@H](Oc3cccnc3)CO2)C1. The van der Waals surface area contributed by atoms with Gasteiger partial charge in [0.15, 0.2) is 0 Å². The van der Waals surface area contributed by atoms with E-state index < -0.39 is 0 Å². The van der Waals surface area contributed by atoms with Gasteiger partial charge in [0.05, 0.1) is 18.4 Å². The number of ether oxygens (including phenoxy) is 3. The van der Waals surface area contributed by atoms with Crippen molar-refractivity contribution >= 4 is 5.91 Å². The van der Waals surface area contributed by atoms with Crippen molar-refractivity contribution < 1.29 is 19.0 Å². The van der Waals surface area contributed by atoms with Crippen LogP contribution in [0.4, 0.5) is 0 Å². The minimum atomic E-state index is -0.249. The lowest BCUT2D eigenvalue weighted by Gasteiger charge is -2.24. The topological polar surface area (TPSA) is 60.9 Å². The molecule has 0 bridgehead atoms. The Morgan fingerprint density at radius 2 is 2.43 bits per heavy atom. The van der Waals surface area contributed by atoms with Crippen LogP contribution in [0, 0.1) is 0 Å². The maximum Gasteiger partial charge on any atom is 0.251 e. The van der Waals surface area contributed by atoms with E-state index in [1.807, 2.05) is 17.0 Å². The second-order valence-corrected chi connectivity index (χ2v) is 6.64. The predicted molar refractivity (Wildman–Crippen MR) is 82.1 cm³/mol. The van der Waals surface area contributed by atoms with Gasteiger partial charge in [-0.25, -0.2) is 0 Å². The van der Waals surface area contributed by atoms with E-state index in [0.717, 1.165) is 38.0 Å². The molecule has 0 N–H and O–H groups in total. The van der Waals surface area contributed by atoms with Gasteiger partial charge in [-0.2, -0.15) is 0 Å². The van der Waals surface area contributed by atoms with Crippen molar-refractivity contribution in [1.29, 1.82) is 0 Å². The molecule has 6 heteroatoms. The van der Waals surface area contributed by atoms with Crippen molar-refractivity contribution in [2.75, 3.05) is 26.3 Å². The van der Waals surface area contributed by atoms with E-state index in [9.17, 15) is 4.79 Å². The number of likely N-dealkylation sites (tertiary alicyclic amines) is 1. The summed E-state index contributed by atoms with van der Waals surface area (Å²) in [6.45, 7) is 2.67. The number of nitrogens with zero attached hydrogens (tertiary/aromatic N) is 2. The third-order valence-electron chi connectivity index (χ3n) is 4.95. The second-order valence-electron chi connectivity index (χ2n) is 6.64. The summed E-state index contributed by atoms with van der Waals surface area (Å²) in [6.07, 6.45) is 6.74. The highest BCUT2D eigenvalue weighted by atomic mass is 16.6. The summed E-state index contributed by atoms with van der Waals surface area (Å²) in [7, 11) is 0. The van der Waals surface area contributed by atoms with E-state index in [1.165, 1.54) is 0 Å². The Balaban J connectivity index is 1.34. The van der Waals surface area contributed by atoms with Crippen LogP contribution in [0.3, 0.4) is 0 Å². The van der Waals surface area contributed by atoms with Crippen LogP contribution in [0.1, 0.15) is 25.7 Å². The zero-order valence-corrected chi connectivity index (χ0v) is 13.1. The Kier molecular flexibility index (Phi) is 3.95. The number of pyridine rings is 1. The number of aromatic nitrogens is 1. The molecule has 3 atom stereocenters. The van der Waals surface area contributed by atoms with E-state index in [0.29, 0.717) is 19.8 Å². The van der Waals surface area contributed by atoms with Crippen LogP contribution in [0.2, 0.25) is 0 Å². The molecule has 124 valence electrons. The van der Waals surface area contributed by atoms with Gasteiger partial charge in [-0.3, -0.25) is 9.78 Å². The average molecular weight is 318 g/mol. The average Bonchev–Trinajstić information content (AvgIpc) is 3.31. The first-order valence-electron chi connectivity index (χ1n) is 8.35. The number of amides is 1. The molecule has 0 radical (unpaired) electrons. The summed E-state index contributed by atoms with van der Waals surface area (Å²) in [5, 5.41) is 0. The largest absolute Gasteiger partial charge is 0.486 e. The Hall–Kier alpha value is -1.66. The van der Waals surface area contributed by atoms with Gasteiger partial charge < -0.3 is 19.1 Å². The molecular formula is C17H22N2O4. The van der Waals surface area contributed by atoms with E-state index >= 15 is 0 Å². The van der Waals surface area contributed by atoms with Crippen molar-refractivity contribution in [1.82, 2.24) is 9.88 Å². The molecule has 3 fully saturated rings. The highest BCUT2D eigenvalue weighted by Crippen LogP contribution is 2.37. The quantitative estimate of drug-likeness (QED) is 0.843. The van der Waals surface area contributed by atoms with Crippen molar-refractivity contribution in [3.63, 3.8) is 0 Å². The molecule has 3 aliphatic rings. The van der Waals surface area contributed by atoms with Crippen LogP contribution < -0.4 is 4.74 Å². The van der Waals surface area contributed by atoms with Gasteiger partial charge in [-0.15, -0.1) is 0 Å². The number of hydrogen-bond acceptors (Lipinski definition) is 5. The Bertz CT molecular complexity index is 561. The zero-order valence-electron chi connectivity index (χ0n) is 13.1. The lowest BCUT2D eigenvalue weighted by molar-refractivity contribution is -0.140. The van der Waals surface area contributed by atoms with Gasteiger partial charge in [0.1, 0.15) is 18.0 Å². The normalized spacial score (nSPS) is 33.5. The van der Waals surface area contributed by atoms with Gasteiger partial charge in [0.2, 0.25) is 0 Å². The summed E-state index contributed by atoms with van der Waals surface area (Å²) in [5.74, 6) is 0.892. The molecule has 3 saturated heterocycles. The highest BCUT2D eigenvalue weighted by molar-refractivity contribution is 5.81. The predicted octanol–water partition coefficient (Wildman–Crippen LogP) is 1.40. The Labute approximate surface area is 135 Å². The minimum absolute atomic E-state index is 0.0250. The fourth-order valence-electron chi connectivity index (χ4n) is 3.78. The van der Waals surface area contributed by atoms with Crippen LogP contribution in [0.15, 0.2) is 24.5 Å². The first-order chi connectivity index (χ1) is 11.2. The molecule has 1 aromatic heterocycles. The molecule has 23 heavy (non-hydrogen) atoms. The second kappa shape index (κ2) is 6.09. The van der Waals surface area contributed by atoms with Gasteiger partial charge in [-0.1, -0.05) is 0 Å². The van der Waals surface area contributed by atoms with Crippen molar-refractivity contribution in [3.05, 3.63) is 24.5 Å². The van der Waals surface area contributed by atoms with E-state index in [2.05, 4.69) is 4.98 Å².